The Labute approximate surface area is 206 Å². The largest absolute Gasteiger partial charge is 0.304 e. The van der Waals surface area contributed by atoms with Gasteiger partial charge in [-0.3, -0.25) is 0 Å². The molecule has 4 aromatic heterocycles. The maximum atomic E-state index is 4.85. The standard InChI is InChI=1S/C28H22N8/c1-3-12-25-23(10-1)31-27(35-16-6-14-29-35)33(25)19-21-8-5-9-22(18-21)20-34-26-13-4-2-11-24(26)32-28(34)36-17-7-15-30-36/h1-18H,19-20H2. The summed E-state index contributed by atoms with van der Waals surface area (Å²) in [5.74, 6) is 1.60. The summed E-state index contributed by atoms with van der Waals surface area (Å²) in [6.07, 6.45) is 7.40. The number of fused-ring (bicyclic) bond motifs is 2. The molecule has 0 spiro atoms. The average Bonchev–Trinajstić information content (AvgIpc) is 3.71. The molecule has 174 valence electrons. The first-order valence-electron chi connectivity index (χ1n) is 11.8. The molecular formula is C28H22N8. The van der Waals surface area contributed by atoms with Gasteiger partial charge in [0.1, 0.15) is 0 Å². The van der Waals surface area contributed by atoms with Gasteiger partial charge in [0.2, 0.25) is 11.9 Å². The second-order valence-corrected chi connectivity index (χ2v) is 8.69. The van der Waals surface area contributed by atoms with Crippen LogP contribution < -0.4 is 0 Å². The van der Waals surface area contributed by atoms with E-state index in [0.29, 0.717) is 13.1 Å². The molecule has 7 aromatic rings. The van der Waals surface area contributed by atoms with Crippen LogP contribution in [0.4, 0.5) is 0 Å². The molecule has 7 rings (SSSR count). The normalized spacial score (nSPS) is 11.6. The summed E-state index contributed by atoms with van der Waals surface area (Å²) in [5, 5.41) is 8.86. The minimum Gasteiger partial charge on any atom is -0.304 e. The topological polar surface area (TPSA) is 71.3 Å². The van der Waals surface area contributed by atoms with Crippen LogP contribution >= 0.6 is 0 Å². The Kier molecular flexibility index (Phi) is 4.73. The van der Waals surface area contributed by atoms with Gasteiger partial charge in [0, 0.05) is 24.8 Å². The Hall–Kier alpha value is -4.98. The number of imidazole rings is 2. The summed E-state index contributed by atoms with van der Waals surface area (Å²) in [5.41, 5.74) is 6.44. The predicted octanol–water partition coefficient (Wildman–Crippen LogP) is 4.85. The van der Waals surface area contributed by atoms with Crippen LogP contribution in [0.2, 0.25) is 0 Å². The lowest BCUT2D eigenvalue weighted by Gasteiger charge is -2.12. The number of benzene rings is 3. The zero-order valence-electron chi connectivity index (χ0n) is 19.4. The monoisotopic (exact) mass is 470 g/mol. The Balaban J connectivity index is 1.28. The van der Waals surface area contributed by atoms with Crippen LogP contribution in [0.15, 0.2) is 110 Å². The van der Waals surface area contributed by atoms with Crippen molar-refractivity contribution in [3.63, 3.8) is 0 Å². The van der Waals surface area contributed by atoms with Crippen LogP contribution in [0.5, 0.6) is 0 Å². The van der Waals surface area contributed by atoms with Crippen molar-refractivity contribution in [1.29, 1.82) is 0 Å². The van der Waals surface area contributed by atoms with E-state index in [1.165, 1.54) is 11.1 Å². The number of para-hydroxylation sites is 4. The first kappa shape index (κ1) is 20.4. The summed E-state index contributed by atoms with van der Waals surface area (Å²) < 4.78 is 8.06. The van der Waals surface area contributed by atoms with Crippen molar-refractivity contribution in [2.24, 2.45) is 0 Å². The molecule has 0 N–H and O–H groups in total. The first-order chi connectivity index (χ1) is 17.8. The van der Waals surface area contributed by atoms with Gasteiger partial charge in [-0.15, -0.1) is 0 Å². The van der Waals surface area contributed by atoms with Gasteiger partial charge in [0.25, 0.3) is 0 Å². The Morgan fingerprint density at radius 3 is 1.50 bits per heavy atom. The highest BCUT2D eigenvalue weighted by Crippen LogP contribution is 2.23. The third-order valence-corrected chi connectivity index (χ3v) is 6.36. The third kappa shape index (κ3) is 3.47. The highest BCUT2D eigenvalue weighted by atomic mass is 15.4. The van der Waals surface area contributed by atoms with Gasteiger partial charge in [-0.2, -0.15) is 10.2 Å². The molecule has 0 atom stereocenters. The van der Waals surface area contributed by atoms with Crippen LogP contribution in [0, 0.1) is 0 Å². The van der Waals surface area contributed by atoms with Crippen molar-refractivity contribution in [2.75, 3.05) is 0 Å². The van der Waals surface area contributed by atoms with Crippen molar-refractivity contribution in [3.05, 3.63) is 121 Å². The van der Waals surface area contributed by atoms with Gasteiger partial charge >= 0.3 is 0 Å². The number of hydrogen-bond donors (Lipinski definition) is 0. The van der Waals surface area contributed by atoms with Gasteiger partial charge in [0.15, 0.2) is 0 Å². The summed E-state index contributed by atoms with van der Waals surface area (Å²) in [6, 6.07) is 28.9. The van der Waals surface area contributed by atoms with E-state index in [-0.39, 0.29) is 0 Å². The molecule has 8 heteroatoms. The van der Waals surface area contributed by atoms with Gasteiger partial charge in [-0.1, -0.05) is 48.5 Å². The van der Waals surface area contributed by atoms with Crippen molar-refractivity contribution in [3.8, 4) is 11.9 Å². The lowest BCUT2D eigenvalue weighted by atomic mass is 10.1. The van der Waals surface area contributed by atoms with Crippen LogP contribution in [-0.2, 0) is 13.1 Å². The van der Waals surface area contributed by atoms with E-state index in [1.54, 1.807) is 12.4 Å². The zero-order valence-corrected chi connectivity index (χ0v) is 19.4. The van der Waals surface area contributed by atoms with Gasteiger partial charge in [-0.25, -0.2) is 19.3 Å². The lowest BCUT2D eigenvalue weighted by molar-refractivity contribution is 0.711. The van der Waals surface area contributed by atoms with E-state index in [9.17, 15) is 0 Å². The molecular weight excluding hydrogens is 448 g/mol. The predicted molar refractivity (Wildman–Crippen MR) is 138 cm³/mol. The summed E-state index contributed by atoms with van der Waals surface area (Å²) in [6.45, 7) is 1.36. The van der Waals surface area contributed by atoms with E-state index < -0.39 is 0 Å². The highest BCUT2D eigenvalue weighted by Gasteiger charge is 2.15. The fraction of sp³-hybridized carbons (Fsp3) is 0.0714. The fourth-order valence-electron chi connectivity index (χ4n) is 4.75. The SMILES string of the molecule is c1cc(Cn2c(-n3cccn3)nc3ccccc32)cc(Cn2c(-n3cccn3)nc3ccccc32)c1. The van der Waals surface area contributed by atoms with Gasteiger partial charge in [0.05, 0.1) is 35.2 Å². The minimum absolute atomic E-state index is 0.681. The van der Waals surface area contributed by atoms with E-state index in [0.717, 1.165) is 34.0 Å². The van der Waals surface area contributed by atoms with E-state index in [1.807, 2.05) is 70.3 Å². The highest BCUT2D eigenvalue weighted by molar-refractivity contribution is 5.78. The molecule has 0 unspecified atom stereocenters. The summed E-state index contributed by atoms with van der Waals surface area (Å²) in [7, 11) is 0. The minimum atomic E-state index is 0.681. The number of nitrogens with zero attached hydrogens (tertiary/aromatic N) is 8. The summed E-state index contributed by atoms with van der Waals surface area (Å²) >= 11 is 0. The molecule has 3 aromatic carbocycles. The molecule has 0 amide bonds. The molecule has 0 saturated heterocycles. The lowest BCUT2D eigenvalue weighted by Crippen LogP contribution is -2.10. The van der Waals surface area contributed by atoms with Crippen LogP contribution in [0.1, 0.15) is 11.1 Å². The second kappa shape index (κ2) is 8.35. The second-order valence-electron chi connectivity index (χ2n) is 8.69. The van der Waals surface area contributed by atoms with Gasteiger partial charge in [-0.05, 0) is 47.5 Å². The van der Waals surface area contributed by atoms with E-state index in [4.69, 9.17) is 9.97 Å². The Morgan fingerprint density at radius 2 is 1.03 bits per heavy atom. The Morgan fingerprint density at radius 1 is 0.528 bits per heavy atom. The summed E-state index contributed by atoms with van der Waals surface area (Å²) in [4.78, 5) is 9.70. The first-order valence-corrected chi connectivity index (χ1v) is 11.8. The molecule has 8 nitrogen and oxygen atoms in total. The Bertz CT molecular complexity index is 1660. The molecule has 36 heavy (non-hydrogen) atoms. The number of rotatable bonds is 6. The van der Waals surface area contributed by atoms with Crippen LogP contribution in [0.3, 0.4) is 0 Å². The van der Waals surface area contributed by atoms with Crippen LogP contribution in [-0.4, -0.2) is 38.7 Å². The van der Waals surface area contributed by atoms with Crippen molar-refractivity contribution in [1.82, 2.24) is 38.7 Å². The molecule has 0 saturated carbocycles. The van der Waals surface area contributed by atoms with Gasteiger partial charge < -0.3 is 9.13 Å². The van der Waals surface area contributed by atoms with Crippen molar-refractivity contribution in [2.45, 2.75) is 13.1 Å². The third-order valence-electron chi connectivity index (χ3n) is 6.36. The smallest absolute Gasteiger partial charge is 0.232 e. The molecule has 0 fully saturated rings. The molecule has 0 aliphatic carbocycles. The van der Waals surface area contributed by atoms with E-state index >= 15 is 0 Å². The molecule has 0 bridgehead atoms. The molecule has 0 radical (unpaired) electrons. The molecule has 0 aliphatic heterocycles. The zero-order chi connectivity index (χ0) is 23.9. The van der Waals surface area contributed by atoms with Crippen molar-refractivity contribution < 1.29 is 0 Å². The average molecular weight is 471 g/mol. The number of hydrogen-bond acceptors (Lipinski definition) is 4. The quantitative estimate of drug-likeness (QED) is 0.348. The maximum Gasteiger partial charge on any atom is 0.232 e. The van der Waals surface area contributed by atoms with E-state index in [2.05, 4.69) is 55.7 Å². The van der Waals surface area contributed by atoms with Crippen LogP contribution in [0.25, 0.3) is 34.0 Å². The maximum absolute atomic E-state index is 4.85. The number of aromatic nitrogens is 8. The molecule has 4 heterocycles. The molecule has 0 aliphatic rings. The fourth-order valence-corrected chi connectivity index (χ4v) is 4.75. The van der Waals surface area contributed by atoms with Crippen molar-refractivity contribution >= 4 is 22.1 Å².